The van der Waals surface area contributed by atoms with Gasteiger partial charge in [0.2, 0.25) is 0 Å². The van der Waals surface area contributed by atoms with E-state index in [9.17, 15) is 4.21 Å². The van der Waals surface area contributed by atoms with Gasteiger partial charge in [0.05, 0.1) is 14.6 Å². The van der Waals surface area contributed by atoms with Gasteiger partial charge >= 0.3 is 0 Å². The molecule has 1 aromatic carbocycles. The molecular formula is C11H15N3OS. The highest BCUT2D eigenvalue weighted by Crippen LogP contribution is 2.12. The lowest BCUT2D eigenvalue weighted by Gasteiger charge is -2.11. The molecule has 1 unspecified atom stereocenters. The molecule has 16 heavy (non-hydrogen) atoms. The maximum Gasteiger partial charge on any atom is 0.189 e. The van der Waals surface area contributed by atoms with E-state index >= 15 is 0 Å². The minimum Gasteiger partial charge on any atom is -0.326 e. The number of hydrogen-bond acceptors (Lipinski definition) is 3. The normalized spacial score (nSPS) is 13.6. The first kappa shape index (κ1) is 12.6. The summed E-state index contributed by atoms with van der Waals surface area (Å²) in [5.74, 6) is 0. The van der Waals surface area contributed by atoms with Gasteiger partial charge < -0.3 is 5.73 Å². The minimum absolute atomic E-state index is 0.446. The molecule has 1 aromatic rings. The standard InChI is InChI=1S/C11H15N3OS/c1-9(2)16(15,14-8-13)11-5-3-10(7-12)4-6-11/h3-6H,7,12H2,1-2H3,(H,14,15). The van der Waals surface area contributed by atoms with Crippen molar-refractivity contribution in [2.45, 2.75) is 25.3 Å². The van der Waals surface area contributed by atoms with E-state index in [-0.39, 0.29) is 0 Å². The Morgan fingerprint density at radius 2 is 2.00 bits per heavy atom. The Labute approximate surface area is 96.2 Å². The van der Waals surface area contributed by atoms with E-state index in [0.717, 1.165) is 5.56 Å². The Kier molecular flexibility index (Phi) is 3.93. The van der Waals surface area contributed by atoms with Crippen LogP contribution in [-0.4, -0.2) is 9.07 Å². The fraction of sp³-hybridized carbons (Fsp3) is 0.273. The van der Waals surface area contributed by atoms with Crippen LogP contribution in [0.5, 0.6) is 0 Å². The van der Waals surface area contributed by atoms with Crippen molar-refractivity contribution in [2.75, 3.05) is 0 Å². The predicted molar refractivity (Wildman–Crippen MR) is 65.8 cm³/mol. The molecular weight excluding hydrogens is 222 g/mol. The lowest BCUT2D eigenvalue weighted by atomic mass is 10.2. The van der Waals surface area contributed by atoms with Crippen LogP contribution in [0.4, 0.5) is 0 Å². The van der Waals surface area contributed by atoms with E-state index < -0.39 is 9.71 Å². The summed E-state index contributed by atoms with van der Waals surface area (Å²) in [6.07, 6.45) is 1.75. The van der Waals surface area contributed by atoms with Crippen molar-refractivity contribution in [1.29, 1.82) is 5.26 Å². The first-order valence-electron chi connectivity index (χ1n) is 4.84. The SMILES string of the molecule is CC(C)=S(=O)(NC#N)c1ccc(CN)cc1. The third-order valence-corrected chi connectivity index (χ3v) is 4.72. The lowest BCUT2D eigenvalue weighted by molar-refractivity contribution is 0.677. The molecule has 3 N–H and O–H groups in total. The van der Waals surface area contributed by atoms with Crippen LogP contribution in [0.2, 0.25) is 0 Å². The molecule has 0 aliphatic heterocycles. The average molecular weight is 237 g/mol. The van der Waals surface area contributed by atoms with Crippen molar-refractivity contribution < 1.29 is 4.21 Å². The van der Waals surface area contributed by atoms with Crippen LogP contribution in [-0.2, 0) is 16.3 Å². The van der Waals surface area contributed by atoms with Gasteiger partial charge in [-0.25, -0.2) is 8.93 Å². The second kappa shape index (κ2) is 5.01. The summed E-state index contributed by atoms with van der Waals surface area (Å²) in [6.45, 7) is 3.93. The number of benzene rings is 1. The number of rotatable bonds is 3. The lowest BCUT2D eigenvalue weighted by Crippen LogP contribution is -2.24. The summed E-state index contributed by atoms with van der Waals surface area (Å²) in [7, 11) is -2.59. The van der Waals surface area contributed by atoms with E-state index in [1.54, 1.807) is 32.2 Å². The van der Waals surface area contributed by atoms with E-state index in [0.29, 0.717) is 16.3 Å². The fourth-order valence-electron chi connectivity index (χ4n) is 1.28. The molecule has 0 heterocycles. The van der Waals surface area contributed by atoms with Crippen molar-refractivity contribution in [3.63, 3.8) is 0 Å². The van der Waals surface area contributed by atoms with Gasteiger partial charge in [-0.1, -0.05) is 12.1 Å². The first-order chi connectivity index (χ1) is 7.54. The monoisotopic (exact) mass is 237 g/mol. The Morgan fingerprint density at radius 1 is 1.44 bits per heavy atom. The van der Waals surface area contributed by atoms with Crippen LogP contribution >= 0.6 is 0 Å². The van der Waals surface area contributed by atoms with Crippen LogP contribution in [0.15, 0.2) is 29.2 Å². The van der Waals surface area contributed by atoms with Gasteiger partial charge in [0.25, 0.3) is 0 Å². The van der Waals surface area contributed by atoms with Crippen LogP contribution in [0, 0.1) is 11.5 Å². The van der Waals surface area contributed by atoms with E-state index in [1.807, 2.05) is 12.1 Å². The third kappa shape index (κ3) is 2.35. The minimum atomic E-state index is -2.59. The topological polar surface area (TPSA) is 78.9 Å². The summed E-state index contributed by atoms with van der Waals surface area (Å²) in [5, 5.41) is 8.64. The van der Waals surface area contributed by atoms with Crippen LogP contribution < -0.4 is 10.5 Å². The number of nitrogens with two attached hydrogens (primary N) is 1. The number of nitrogens with one attached hydrogen (secondary N) is 1. The summed E-state index contributed by atoms with van der Waals surface area (Å²) in [6, 6.07) is 7.11. The number of nitriles is 1. The van der Waals surface area contributed by atoms with Crippen LogP contribution in [0.25, 0.3) is 0 Å². The fourth-order valence-corrected chi connectivity index (χ4v) is 2.72. The molecule has 4 nitrogen and oxygen atoms in total. The highest BCUT2D eigenvalue weighted by molar-refractivity contribution is 8.00. The zero-order valence-electron chi connectivity index (χ0n) is 9.36. The summed E-state index contributed by atoms with van der Waals surface area (Å²) in [4.78, 5) is 1.28. The smallest absolute Gasteiger partial charge is 0.189 e. The Bertz CT molecular complexity index is 515. The van der Waals surface area contributed by atoms with Crippen LogP contribution in [0.3, 0.4) is 0 Å². The molecule has 86 valence electrons. The molecule has 5 heteroatoms. The van der Waals surface area contributed by atoms with E-state index in [4.69, 9.17) is 11.0 Å². The number of hydrogen-bond donors (Lipinski definition) is 2. The zero-order valence-corrected chi connectivity index (χ0v) is 10.2. The Balaban J connectivity index is 3.31. The van der Waals surface area contributed by atoms with Gasteiger partial charge in [-0.15, -0.1) is 0 Å². The highest BCUT2D eigenvalue weighted by atomic mass is 32.2. The molecule has 0 bridgehead atoms. The molecule has 1 atom stereocenters. The van der Waals surface area contributed by atoms with Gasteiger partial charge in [-0.05, 0) is 31.5 Å². The van der Waals surface area contributed by atoms with Gasteiger partial charge in [0, 0.05) is 11.4 Å². The van der Waals surface area contributed by atoms with E-state index in [1.165, 1.54) is 0 Å². The van der Waals surface area contributed by atoms with Crippen LogP contribution in [0.1, 0.15) is 19.4 Å². The molecule has 0 saturated heterocycles. The van der Waals surface area contributed by atoms with Gasteiger partial charge in [0.15, 0.2) is 6.19 Å². The molecule has 0 spiro atoms. The van der Waals surface area contributed by atoms with Crippen molar-refractivity contribution in [3.05, 3.63) is 29.8 Å². The highest BCUT2D eigenvalue weighted by Gasteiger charge is 2.11. The number of nitrogens with zero attached hydrogens (tertiary/aromatic N) is 1. The third-order valence-electron chi connectivity index (χ3n) is 2.26. The molecule has 0 aromatic heterocycles. The molecule has 0 amide bonds. The summed E-state index contributed by atoms with van der Waals surface area (Å²) >= 11 is 0. The maximum absolute atomic E-state index is 12.5. The summed E-state index contributed by atoms with van der Waals surface area (Å²) in [5.41, 5.74) is 6.45. The molecule has 0 aliphatic carbocycles. The summed E-state index contributed by atoms with van der Waals surface area (Å²) < 4.78 is 14.9. The maximum atomic E-state index is 12.5. The van der Waals surface area contributed by atoms with Crippen molar-refractivity contribution in [1.82, 2.24) is 4.72 Å². The molecule has 0 radical (unpaired) electrons. The quantitative estimate of drug-likeness (QED) is 0.467. The Hall–Kier alpha value is -1.51. The predicted octanol–water partition coefficient (Wildman–Crippen LogP) is 0.986. The average Bonchev–Trinajstić information content (AvgIpc) is 2.29. The second-order valence-electron chi connectivity index (χ2n) is 3.53. The first-order valence-corrected chi connectivity index (χ1v) is 6.39. The second-order valence-corrected chi connectivity index (χ2v) is 6.13. The van der Waals surface area contributed by atoms with Crippen molar-refractivity contribution in [2.24, 2.45) is 5.73 Å². The molecule has 0 fully saturated rings. The van der Waals surface area contributed by atoms with E-state index in [2.05, 4.69) is 4.72 Å². The largest absolute Gasteiger partial charge is 0.326 e. The molecule has 1 rings (SSSR count). The van der Waals surface area contributed by atoms with Gasteiger partial charge in [-0.2, -0.15) is 5.26 Å². The van der Waals surface area contributed by atoms with Crippen molar-refractivity contribution in [3.8, 4) is 6.19 Å². The molecule has 0 saturated carbocycles. The zero-order chi connectivity index (χ0) is 12.2. The van der Waals surface area contributed by atoms with Gasteiger partial charge in [-0.3, -0.25) is 0 Å². The van der Waals surface area contributed by atoms with Gasteiger partial charge in [0.1, 0.15) is 0 Å². The molecule has 0 aliphatic rings. The Morgan fingerprint density at radius 3 is 2.38 bits per heavy atom. The van der Waals surface area contributed by atoms with Crippen molar-refractivity contribution >= 4 is 14.6 Å².